The van der Waals surface area contributed by atoms with Gasteiger partial charge in [-0.15, -0.1) is 0 Å². The Hall–Kier alpha value is -1.35. The van der Waals surface area contributed by atoms with E-state index in [0.29, 0.717) is 12.5 Å². The molecular weight excluding hydrogens is 248 g/mol. The van der Waals surface area contributed by atoms with E-state index in [2.05, 4.69) is 31.3 Å². The highest BCUT2D eigenvalue weighted by molar-refractivity contribution is 5.78. The normalized spacial score (nSPS) is 18.2. The van der Waals surface area contributed by atoms with Crippen molar-refractivity contribution >= 4 is 5.91 Å². The summed E-state index contributed by atoms with van der Waals surface area (Å²) in [5.74, 6) is 0.256. The van der Waals surface area contributed by atoms with E-state index in [9.17, 15) is 4.79 Å². The van der Waals surface area contributed by atoms with Crippen molar-refractivity contribution in [3.8, 4) is 0 Å². The maximum Gasteiger partial charge on any atom is 0.227 e. The summed E-state index contributed by atoms with van der Waals surface area (Å²) >= 11 is 0. The fourth-order valence-corrected chi connectivity index (χ4v) is 2.87. The number of benzene rings is 1. The number of nitrogens with one attached hydrogen (secondary N) is 1. The van der Waals surface area contributed by atoms with Crippen molar-refractivity contribution in [2.75, 3.05) is 19.6 Å². The Kier molecular flexibility index (Phi) is 5.60. The molecule has 3 nitrogen and oxygen atoms in total. The summed E-state index contributed by atoms with van der Waals surface area (Å²) in [4.78, 5) is 14.5. The molecule has 0 radical (unpaired) electrons. The lowest BCUT2D eigenvalue weighted by Gasteiger charge is -2.25. The summed E-state index contributed by atoms with van der Waals surface area (Å²) in [6.45, 7) is 7.02. The molecule has 1 amide bonds. The van der Waals surface area contributed by atoms with Gasteiger partial charge >= 0.3 is 0 Å². The van der Waals surface area contributed by atoms with Gasteiger partial charge in [0.2, 0.25) is 5.91 Å². The second-order valence-corrected chi connectivity index (χ2v) is 5.80. The maximum absolute atomic E-state index is 12.5. The van der Waals surface area contributed by atoms with Gasteiger partial charge in [0, 0.05) is 19.1 Å². The van der Waals surface area contributed by atoms with Crippen LogP contribution in [0.1, 0.15) is 37.3 Å². The summed E-state index contributed by atoms with van der Waals surface area (Å²) < 4.78 is 0. The van der Waals surface area contributed by atoms with E-state index >= 15 is 0 Å². The van der Waals surface area contributed by atoms with Gasteiger partial charge in [0.1, 0.15) is 0 Å². The molecule has 0 bridgehead atoms. The third-order valence-corrected chi connectivity index (χ3v) is 3.89. The lowest BCUT2D eigenvalue weighted by Crippen LogP contribution is -2.42. The smallest absolute Gasteiger partial charge is 0.227 e. The lowest BCUT2D eigenvalue weighted by molar-refractivity contribution is -0.130. The van der Waals surface area contributed by atoms with E-state index in [0.717, 1.165) is 31.6 Å². The Morgan fingerprint density at radius 3 is 2.95 bits per heavy atom. The number of nitrogens with zero attached hydrogens (tertiary/aromatic N) is 1. The Morgan fingerprint density at radius 1 is 1.45 bits per heavy atom. The van der Waals surface area contributed by atoms with Gasteiger partial charge in [0.25, 0.3) is 0 Å². The van der Waals surface area contributed by atoms with Gasteiger partial charge < -0.3 is 10.2 Å². The second-order valence-electron chi connectivity index (χ2n) is 5.80. The zero-order valence-corrected chi connectivity index (χ0v) is 12.7. The van der Waals surface area contributed by atoms with Crippen LogP contribution >= 0.6 is 0 Å². The van der Waals surface area contributed by atoms with E-state index in [1.54, 1.807) is 0 Å². The average Bonchev–Trinajstić information content (AvgIpc) is 2.91. The van der Waals surface area contributed by atoms with Crippen LogP contribution in [0.2, 0.25) is 0 Å². The molecule has 1 fully saturated rings. The molecule has 1 aromatic rings. The molecule has 1 atom stereocenters. The quantitative estimate of drug-likeness (QED) is 0.864. The maximum atomic E-state index is 12.5. The van der Waals surface area contributed by atoms with Crippen molar-refractivity contribution in [1.82, 2.24) is 10.2 Å². The third kappa shape index (κ3) is 4.34. The zero-order valence-electron chi connectivity index (χ0n) is 12.7. The van der Waals surface area contributed by atoms with E-state index < -0.39 is 0 Å². The number of carbonyl (C=O) groups is 1. The summed E-state index contributed by atoms with van der Waals surface area (Å²) in [5, 5.41) is 3.48. The van der Waals surface area contributed by atoms with E-state index in [4.69, 9.17) is 0 Å². The molecule has 1 N–H and O–H groups in total. The van der Waals surface area contributed by atoms with Crippen molar-refractivity contribution in [2.45, 2.75) is 45.6 Å². The fourth-order valence-electron chi connectivity index (χ4n) is 2.87. The molecular formula is C17H26N2O. The van der Waals surface area contributed by atoms with Crippen LogP contribution in [0.15, 0.2) is 24.3 Å². The number of amides is 1. The number of carbonyl (C=O) groups excluding carboxylic acids is 1. The van der Waals surface area contributed by atoms with Gasteiger partial charge in [-0.05, 0) is 38.3 Å². The van der Waals surface area contributed by atoms with Crippen LogP contribution in [0.3, 0.4) is 0 Å². The van der Waals surface area contributed by atoms with E-state index in [-0.39, 0.29) is 5.91 Å². The van der Waals surface area contributed by atoms with Crippen molar-refractivity contribution in [2.24, 2.45) is 0 Å². The minimum absolute atomic E-state index is 0.256. The minimum Gasteiger partial charge on any atom is -0.341 e. The number of aryl methyl sites for hydroxylation is 1. The van der Waals surface area contributed by atoms with Gasteiger partial charge in [-0.3, -0.25) is 4.79 Å². The lowest BCUT2D eigenvalue weighted by atomic mass is 10.1. The summed E-state index contributed by atoms with van der Waals surface area (Å²) in [7, 11) is 0. The first-order valence-corrected chi connectivity index (χ1v) is 7.75. The standard InChI is InChI=1S/C17H26N2O/c1-3-10-19(13-16-8-5-9-18-16)17(20)12-15-7-4-6-14(2)11-15/h4,6-7,11,16,18H,3,5,8-10,12-13H2,1-2H3. The first kappa shape index (κ1) is 15.0. The van der Waals surface area contributed by atoms with Gasteiger partial charge in [-0.2, -0.15) is 0 Å². The van der Waals surface area contributed by atoms with Crippen LogP contribution in [-0.2, 0) is 11.2 Å². The molecule has 1 aliphatic heterocycles. The Balaban J connectivity index is 1.95. The predicted molar refractivity (Wildman–Crippen MR) is 82.8 cm³/mol. The van der Waals surface area contributed by atoms with Gasteiger partial charge in [0.05, 0.1) is 6.42 Å². The average molecular weight is 274 g/mol. The largest absolute Gasteiger partial charge is 0.341 e. The predicted octanol–water partition coefficient (Wildman–Crippen LogP) is 2.53. The third-order valence-electron chi connectivity index (χ3n) is 3.89. The first-order valence-electron chi connectivity index (χ1n) is 7.75. The molecule has 0 aromatic heterocycles. The van der Waals surface area contributed by atoms with Gasteiger partial charge in [0.15, 0.2) is 0 Å². The van der Waals surface area contributed by atoms with Crippen LogP contribution in [-0.4, -0.2) is 36.5 Å². The van der Waals surface area contributed by atoms with Crippen molar-refractivity contribution in [3.05, 3.63) is 35.4 Å². The van der Waals surface area contributed by atoms with Crippen LogP contribution < -0.4 is 5.32 Å². The second kappa shape index (κ2) is 7.44. The SMILES string of the molecule is CCCN(CC1CCCN1)C(=O)Cc1cccc(C)c1. The molecule has 0 saturated carbocycles. The van der Waals surface area contributed by atoms with Crippen molar-refractivity contribution in [3.63, 3.8) is 0 Å². The van der Waals surface area contributed by atoms with Crippen molar-refractivity contribution < 1.29 is 4.79 Å². The molecule has 0 spiro atoms. The molecule has 20 heavy (non-hydrogen) atoms. The Labute approximate surface area is 122 Å². The van der Waals surface area contributed by atoms with E-state index in [1.807, 2.05) is 17.0 Å². The molecule has 3 heteroatoms. The zero-order chi connectivity index (χ0) is 14.4. The molecule has 1 unspecified atom stereocenters. The van der Waals surface area contributed by atoms with Crippen LogP contribution in [0, 0.1) is 6.92 Å². The molecule has 2 rings (SSSR count). The number of hydrogen-bond donors (Lipinski definition) is 1. The number of hydrogen-bond acceptors (Lipinski definition) is 2. The monoisotopic (exact) mass is 274 g/mol. The molecule has 1 aliphatic rings. The fraction of sp³-hybridized carbons (Fsp3) is 0.588. The van der Waals surface area contributed by atoms with Crippen LogP contribution in [0.25, 0.3) is 0 Å². The van der Waals surface area contributed by atoms with Gasteiger partial charge in [-0.1, -0.05) is 36.8 Å². The van der Waals surface area contributed by atoms with Gasteiger partial charge in [-0.25, -0.2) is 0 Å². The number of rotatable bonds is 6. The summed E-state index contributed by atoms with van der Waals surface area (Å²) in [6, 6.07) is 8.74. The highest BCUT2D eigenvalue weighted by atomic mass is 16.2. The molecule has 1 heterocycles. The topological polar surface area (TPSA) is 32.3 Å². The molecule has 110 valence electrons. The Morgan fingerprint density at radius 2 is 2.30 bits per heavy atom. The van der Waals surface area contributed by atoms with Crippen LogP contribution in [0.5, 0.6) is 0 Å². The molecule has 1 saturated heterocycles. The first-order chi connectivity index (χ1) is 9.69. The van der Waals surface area contributed by atoms with Crippen LogP contribution in [0.4, 0.5) is 0 Å². The Bertz CT molecular complexity index is 438. The molecule has 0 aliphatic carbocycles. The minimum atomic E-state index is 0.256. The highest BCUT2D eigenvalue weighted by Crippen LogP contribution is 2.11. The molecule has 1 aromatic carbocycles. The van der Waals surface area contributed by atoms with Crippen molar-refractivity contribution in [1.29, 1.82) is 0 Å². The summed E-state index contributed by atoms with van der Waals surface area (Å²) in [5.41, 5.74) is 2.34. The van der Waals surface area contributed by atoms with E-state index in [1.165, 1.54) is 18.4 Å². The highest BCUT2D eigenvalue weighted by Gasteiger charge is 2.20. The summed E-state index contributed by atoms with van der Waals surface area (Å²) in [6.07, 6.45) is 3.97.